The van der Waals surface area contributed by atoms with Crippen molar-refractivity contribution in [2.45, 2.75) is 50.5 Å². The van der Waals surface area contributed by atoms with Crippen molar-refractivity contribution in [3.63, 3.8) is 0 Å². The summed E-state index contributed by atoms with van der Waals surface area (Å²) in [6, 6.07) is 13.8. The molecule has 1 atom stereocenters. The molecule has 0 unspecified atom stereocenters. The maximum absolute atomic E-state index is 13.4. The van der Waals surface area contributed by atoms with Crippen LogP contribution in [-0.4, -0.2) is 42.9 Å². The van der Waals surface area contributed by atoms with E-state index in [2.05, 4.69) is 16.9 Å². The topological polar surface area (TPSA) is 102 Å². The fourth-order valence-corrected chi connectivity index (χ4v) is 5.95. The number of nitrogens with zero attached hydrogens (tertiary/aromatic N) is 2. The second-order valence-corrected chi connectivity index (χ2v) is 11.5. The maximum atomic E-state index is 13.4. The van der Waals surface area contributed by atoms with Crippen LogP contribution in [0.3, 0.4) is 0 Å². The number of carbonyl (C=O) groups is 1. The Morgan fingerprint density at radius 1 is 1.11 bits per heavy atom. The Hall–Kier alpha value is -2.91. The summed E-state index contributed by atoms with van der Waals surface area (Å²) in [4.78, 5) is 26.9. The standard InChI is InChI=1S/C26H33N3O5S/c1-18(2)15-22(25(30)29-13-11-20(12-14-29)16-19-7-5-4-6-8-19)27-35(32,33)21-9-10-23-24(17-21)34-26(31)28(23)3/h4-10,17-18,20,22,27H,11-16H2,1-3H3/t22-/m1/s1. The van der Waals surface area contributed by atoms with Gasteiger partial charge in [0.05, 0.1) is 10.4 Å². The molecule has 0 saturated carbocycles. The van der Waals surface area contributed by atoms with Crippen LogP contribution in [0.4, 0.5) is 0 Å². The summed E-state index contributed by atoms with van der Waals surface area (Å²) in [5, 5.41) is 0. The molecular formula is C26H33N3O5S. The van der Waals surface area contributed by atoms with Crippen LogP contribution in [0.2, 0.25) is 0 Å². The van der Waals surface area contributed by atoms with E-state index in [0.717, 1.165) is 19.3 Å². The molecule has 1 saturated heterocycles. The number of nitrogens with one attached hydrogen (secondary N) is 1. The van der Waals surface area contributed by atoms with Crippen molar-refractivity contribution in [1.82, 2.24) is 14.2 Å². The van der Waals surface area contributed by atoms with Gasteiger partial charge in [0.1, 0.15) is 6.04 Å². The fourth-order valence-electron chi connectivity index (χ4n) is 4.73. The van der Waals surface area contributed by atoms with Gasteiger partial charge in [-0.05, 0) is 55.2 Å². The Morgan fingerprint density at radius 3 is 2.46 bits per heavy atom. The van der Waals surface area contributed by atoms with Crippen LogP contribution in [0.25, 0.3) is 11.1 Å². The van der Waals surface area contributed by atoms with Crippen LogP contribution in [0, 0.1) is 11.8 Å². The third kappa shape index (κ3) is 5.85. The Balaban J connectivity index is 1.46. The van der Waals surface area contributed by atoms with E-state index in [-0.39, 0.29) is 22.3 Å². The Kier molecular flexibility index (Phi) is 7.47. The van der Waals surface area contributed by atoms with Gasteiger partial charge >= 0.3 is 5.76 Å². The summed E-state index contributed by atoms with van der Waals surface area (Å²) in [5.41, 5.74) is 1.99. The van der Waals surface area contributed by atoms with Crippen LogP contribution in [0.1, 0.15) is 38.7 Å². The molecule has 1 amide bonds. The van der Waals surface area contributed by atoms with Gasteiger partial charge in [-0.15, -0.1) is 0 Å². The van der Waals surface area contributed by atoms with Gasteiger partial charge in [-0.2, -0.15) is 4.72 Å². The molecule has 35 heavy (non-hydrogen) atoms. The Morgan fingerprint density at radius 2 is 1.80 bits per heavy atom. The van der Waals surface area contributed by atoms with Crippen LogP contribution in [0.15, 0.2) is 62.6 Å². The zero-order chi connectivity index (χ0) is 25.2. The zero-order valence-corrected chi connectivity index (χ0v) is 21.3. The first-order valence-electron chi connectivity index (χ1n) is 12.1. The highest BCUT2D eigenvalue weighted by Crippen LogP contribution is 2.24. The van der Waals surface area contributed by atoms with E-state index in [0.29, 0.717) is 30.9 Å². The molecule has 9 heteroatoms. The number of oxazole rings is 1. The minimum Gasteiger partial charge on any atom is -0.408 e. The summed E-state index contributed by atoms with van der Waals surface area (Å²) in [7, 11) is -2.45. The highest BCUT2D eigenvalue weighted by atomic mass is 32.2. The van der Waals surface area contributed by atoms with E-state index >= 15 is 0 Å². The number of rotatable bonds is 8. The summed E-state index contributed by atoms with van der Waals surface area (Å²) >= 11 is 0. The number of aromatic nitrogens is 1. The van der Waals surface area contributed by atoms with Crippen molar-refractivity contribution >= 4 is 27.0 Å². The summed E-state index contributed by atoms with van der Waals surface area (Å²) in [6.07, 6.45) is 3.17. The number of sulfonamides is 1. The van der Waals surface area contributed by atoms with E-state index in [1.54, 1.807) is 11.9 Å². The third-order valence-electron chi connectivity index (χ3n) is 6.67. The van der Waals surface area contributed by atoms with E-state index in [4.69, 9.17) is 4.42 Å². The van der Waals surface area contributed by atoms with Crippen LogP contribution in [0.5, 0.6) is 0 Å². The number of likely N-dealkylation sites (tertiary alicyclic amines) is 1. The molecule has 1 fully saturated rings. The molecule has 0 aliphatic carbocycles. The number of amides is 1. The Bertz CT molecular complexity index is 1340. The van der Waals surface area contributed by atoms with Crippen LogP contribution >= 0.6 is 0 Å². The molecular weight excluding hydrogens is 466 g/mol. The fraction of sp³-hybridized carbons (Fsp3) is 0.462. The van der Waals surface area contributed by atoms with Crippen molar-refractivity contribution in [1.29, 1.82) is 0 Å². The van der Waals surface area contributed by atoms with Gasteiger partial charge in [0.25, 0.3) is 0 Å². The van der Waals surface area contributed by atoms with Crippen molar-refractivity contribution in [3.05, 3.63) is 64.6 Å². The first-order valence-corrected chi connectivity index (χ1v) is 13.6. The maximum Gasteiger partial charge on any atom is 0.419 e. The molecule has 8 nitrogen and oxygen atoms in total. The van der Waals surface area contributed by atoms with Crippen molar-refractivity contribution in [3.8, 4) is 0 Å². The molecule has 1 N–H and O–H groups in total. The van der Waals surface area contributed by atoms with E-state index in [1.165, 1.54) is 28.3 Å². The molecule has 1 aromatic heterocycles. The lowest BCUT2D eigenvalue weighted by Gasteiger charge is -2.35. The van der Waals surface area contributed by atoms with Crippen LogP contribution < -0.4 is 10.5 Å². The number of piperidine rings is 1. The van der Waals surface area contributed by atoms with Gasteiger partial charge < -0.3 is 9.32 Å². The van der Waals surface area contributed by atoms with Crippen LogP contribution in [-0.2, 0) is 28.3 Å². The quantitative estimate of drug-likeness (QED) is 0.512. The SMILES string of the molecule is CC(C)C[C@@H](NS(=O)(=O)c1ccc2c(c1)oc(=O)n2C)C(=O)N1CCC(Cc2ccccc2)CC1. The number of carbonyl (C=O) groups excluding carboxylic acids is 1. The lowest BCUT2D eigenvalue weighted by atomic mass is 9.90. The monoisotopic (exact) mass is 499 g/mol. The van der Waals surface area contributed by atoms with Crippen molar-refractivity contribution in [2.24, 2.45) is 18.9 Å². The molecule has 188 valence electrons. The van der Waals surface area contributed by atoms with Gasteiger partial charge in [-0.1, -0.05) is 44.2 Å². The zero-order valence-electron chi connectivity index (χ0n) is 20.4. The highest BCUT2D eigenvalue weighted by molar-refractivity contribution is 7.89. The second kappa shape index (κ2) is 10.4. The molecule has 0 radical (unpaired) electrons. The van der Waals surface area contributed by atoms with Gasteiger partial charge in [0.15, 0.2) is 5.58 Å². The minimum absolute atomic E-state index is 0.0394. The average Bonchev–Trinajstić information content (AvgIpc) is 3.11. The number of aryl methyl sites for hydroxylation is 1. The normalized spacial score (nSPS) is 16.2. The van der Waals surface area contributed by atoms with Gasteiger partial charge in [0, 0.05) is 26.2 Å². The van der Waals surface area contributed by atoms with E-state index < -0.39 is 21.8 Å². The average molecular weight is 500 g/mol. The summed E-state index contributed by atoms with van der Waals surface area (Å²) in [6.45, 7) is 5.16. The number of benzene rings is 2. The van der Waals surface area contributed by atoms with Crippen molar-refractivity contribution < 1.29 is 17.6 Å². The van der Waals surface area contributed by atoms with Gasteiger partial charge in [-0.3, -0.25) is 9.36 Å². The third-order valence-corrected chi connectivity index (χ3v) is 8.14. The smallest absolute Gasteiger partial charge is 0.408 e. The molecule has 1 aliphatic heterocycles. The molecule has 0 bridgehead atoms. The first kappa shape index (κ1) is 25.2. The summed E-state index contributed by atoms with van der Waals surface area (Å²) < 4.78 is 35.5. The second-order valence-electron chi connectivity index (χ2n) is 9.82. The lowest BCUT2D eigenvalue weighted by Crippen LogP contribution is -2.51. The van der Waals surface area contributed by atoms with Crippen molar-refractivity contribution in [2.75, 3.05) is 13.1 Å². The predicted molar refractivity (Wildman–Crippen MR) is 134 cm³/mol. The molecule has 2 heterocycles. The molecule has 4 rings (SSSR count). The lowest BCUT2D eigenvalue weighted by molar-refractivity contribution is -0.134. The van der Waals surface area contributed by atoms with E-state index in [9.17, 15) is 18.0 Å². The number of fused-ring (bicyclic) bond motifs is 1. The predicted octanol–water partition coefficient (Wildman–Crippen LogP) is 3.31. The van der Waals surface area contributed by atoms with E-state index in [1.807, 2.05) is 32.0 Å². The Labute approximate surface area is 206 Å². The first-order chi connectivity index (χ1) is 16.6. The highest BCUT2D eigenvalue weighted by Gasteiger charge is 2.32. The van der Waals surface area contributed by atoms with Gasteiger partial charge in [0.2, 0.25) is 15.9 Å². The van der Waals surface area contributed by atoms with Gasteiger partial charge in [-0.25, -0.2) is 13.2 Å². The number of hydrogen-bond donors (Lipinski definition) is 1. The molecule has 0 spiro atoms. The molecule has 3 aromatic rings. The molecule has 1 aliphatic rings. The number of hydrogen-bond acceptors (Lipinski definition) is 5. The largest absolute Gasteiger partial charge is 0.419 e. The minimum atomic E-state index is -4.00. The molecule has 2 aromatic carbocycles. The summed E-state index contributed by atoms with van der Waals surface area (Å²) in [5.74, 6) is -0.121.